The van der Waals surface area contributed by atoms with E-state index in [-0.39, 0.29) is 6.10 Å². The molecule has 0 amide bonds. The molecule has 2 unspecified atom stereocenters. The van der Waals surface area contributed by atoms with E-state index in [4.69, 9.17) is 0 Å². The molecule has 0 bridgehead atoms. The molecule has 2 aliphatic heterocycles. The SMILES string of the molecule is CC1CCCC(C)N1[C@@H]1CNC[C@H]1O. The predicted molar refractivity (Wildman–Crippen MR) is 57.3 cm³/mol. The average Bonchev–Trinajstić information content (AvgIpc) is 2.52. The summed E-state index contributed by atoms with van der Waals surface area (Å²) in [5.41, 5.74) is 0. The Hall–Kier alpha value is -0.120. The van der Waals surface area contributed by atoms with Gasteiger partial charge in [-0.25, -0.2) is 0 Å². The van der Waals surface area contributed by atoms with Gasteiger partial charge in [-0.15, -0.1) is 0 Å². The number of aliphatic hydroxyl groups excluding tert-OH is 1. The minimum absolute atomic E-state index is 0.169. The van der Waals surface area contributed by atoms with Crippen LogP contribution in [0.25, 0.3) is 0 Å². The number of rotatable bonds is 1. The third-order valence-electron chi connectivity index (χ3n) is 3.80. The van der Waals surface area contributed by atoms with Crippen molar-refractivity contribution in [2.24, 2.45) is 0 Å². The van der Waals surface area contributed by atoms with Gasteiger partial charge in [-0.1, -0.05) is 6.42 Å². The third-order valence-corrected chi connectivity index (χ3v) is 3.80. The Balaban J connectivity index is 2.05. The van der Waals surface area contributed by atoms with Gasteiger partial charge < -0.3 is 10.4 Å². The first-order valence-corrected chi connectivity index (χ1v) is 5.86. The van der Waals surface area contributed by atoms with Crippen molar-refractivity contribution in [3.05, 3.63) is 0 Å². The molecule has 0 aromatic rings. The summed E-state index contributed by atoms with van der Waals surface area (Å²) in [4.78, 5) is 2.52. The van der Waals surface area contributed by atoms with Crippen LogP contribution < -0.4 is 5.32 Å². The van der Waals surface area contributed by atoms with E-state index in [1.807, 2.05) is 0 Å². The largest absolute Gasteiger partial charge is 0.390 e. The van der Waals surface area contributed by atoms with Crippen molar-refractivity contribution in [3.8, 4) is 0 Å². The summed E-state index contributed by atoms with van der Waals surface area (Å²) in [6, 6.07) is 1.62. The number of β-amino-alcohol motifs (C(OH)–C–C–N with tert-alkyl or cyclic N) is 1. The lowest BCUT2D eigenvalue weighted by Crippen LogP contribution is -2.54. The zero-order valence-electron chi connectivity index (χ0n) is 9.24. The molecule has 3 nitrogen and oxygen atoms in total. The van der Waals surface area contributed by atoms with E-state index in [0.29, 0.717) is 18.1 Å². The van der Waals surface area contributed by atoms with E-state index in [0.717, 1.165) is 13.1 Å². The summed E-state index contributed by atoms with van der Waals surface area (Å²) in [5.74, 6) is 0. The molecule has 2 saturated heterocycles. The lowest BCUT2D eigenvalue weighted by atomic mass is 9.94. The molecule has 3 heteroatoms. The Morgan fingerprint density at radius 3 is 2.29 bits per heavy atom. The Bertz CT molecular complexity index is 188. The van der Waals surface area contributed by atoms with Crippen LogP contribution in [-0.4, -0.2) is 47.3 Å². The quantitative estimate of drug-likeness (QED) is 0.647. The summed E-state index contributed by atoms with van der Waals surface area (Å²) in [7, 11) is 0. The molecule has 4 atom stereocenters. The summed E-state index contributed by atoms with van der Waals surface area (Å²) < 4.78 is 0. The molecule has 0 aromatic carbocycles. The number of piperidine rings is 1. The topological polar surface area (TPSA) is 35.5 Å². The van der Waals surface area contributed by atoms with Crippen LogP contribution in [-0.2, 0) is 0 Å². The van der Waals surface area contributed by atoms with E-state index in [1.54, 1.807) is 0 Å². The molecule has 0 radical (unpaired) electrons. The Labute approximate surface area is 86.5 Å². The first-order valence-electron chi connectivity index (χ1n) is 5.86. The van der Waals surface area contributed by atoms with Gasteiger partial charge in [0.15, 0.2) is 0 Å². The maximum absolute atomic E-state index is 9.87. The first-order chi connectivity index (χ1) is 6.70. The minimum Gasteiger partial charge on any atom is -0.390 e. The number of hydrogen-bond donors (Lipinski definition) is 2. The molecule has 0 saturated carbocycles. The number of nitrogens with zero attached hydrogens (tertiary/aromatic N) is 1. The molecule has 2 aliphatic rings. The van der Waals surface area contributed by atoms with Crippen LogP contribution in [0.1, 0.15) is 33.1 Å². The number of likely N-dealkylation sites (tertiary alicyclic amines) is 1. The zero-order valence-corrected chi connectivity index (χ0v) is 9.24. The zero-order chi connectivity index (χ0) is 10.1. The van der Waals surface area contributed by atoms with Crippen LogP contribution in [0.5, 0.6) is 0 Å². The number of hydrogen-bond acceptors (Lipinski definition) is 3. The van der Waals surface area contributed by atoms with Crippen LogP contribution >= 0.6 is 0 Å². The molecule has 2 rings (SSSR count). The summed E-state index contributed by atoms with van der Waals surface area (Å²) in [6.45, 7) is 6.30. The first kappa shape index (κ1) is 10.4. The second kappa shape index (κ2) is 4.17. The summed E-state index contributed by atoms with van der Waals surface area (Å²) in [5, 5.41) is 13.1. The maximum atomic E-state index is 9.87. The van der Waals surface area contributed by atoms with Crippen molar-refractivity contribution in [1.82, 2.24) is 10.2 Å². The highest BCUT2D eigenvalue weighted by Crippen LogP contribution is 2.26. The fourth-order valence-electron chi connectivity index (χ4n) is 3.05. The molecule has 14 heavy (non-hydrogen) atoms. The highest BCUT2D eigenvalue weighted by molar-refractivity contribution is 4.94. The van der Waals surface area contributed by atoms with Crippen molar-refractivity contribution in [3.63, 3.8) is 0 Å². The van der Waals surface area contributed by atoms with Gasteiger partial charge in [0, 0.05) is 31.2 Å². The minimum atomic E-state index is -0.169. The van der Waals surface area contributed by atoms with Gasteiger partial charge in [0.2, 0.25) is 0 Å². The fourth-order valence-corrected chi connectivity index (χ4v) is 3.05. The molecule has 2 fully saturated rings. The van der Waals surface area contributed by atoms with Crippen LogP contribution in [0.2, 0.25) is 0 Å². The number of aliphatic hydroxyl groups is 1. The Kier molecular flexibility index (Phi) is 3.10. The molecule has 0 aromatic heterocycles. The van der Waals surface area contributed by atoms with Crippen molar-refractivity contribution < 1.29 is 5.11 Å². The van der Waals surface area contributed by atoms with E-state index < -0.39 is 0 Å². The molecule has 2 N–H and O–H groups in total. The number of nitrogens with one attached hydrogen (secondary N) is 1. The molecule has 2 heterocycles. The summed E-state index contributed by atoms with van der Waals surface area (Å²) in [6.07, 6.45) is 3.74. The maximum Gasteiger partial charge on any atom is 0.0832 e. The molecular weight excluding hydrogens is 176 g/mol. The Morgan fingerprint density at radius 1 is 1.14 bits per heavy atom. The van der Waals surface area contributed by atoms with E-state index in [9.17, 15) is 5.11 Å². The van der Waals surface area contributed by atoms with Crippen molar-refractivity contribution in [2.45, 2.75) is 57.3 Å². The van der Waals surface area contributed by atoms with Crippen LogP contribution in [0, 0.1) is 0 Å². The van der Waals surface area contributed by atoms with Crippen LogP contribution in [0.15, 0.2) is 0 Å². The van der Waals surface area contributed by atoms with Gasteiger partial charge in [-0.05, 0) is 26.7 Å². The van der Waals surface area contributed by atoms with Gasteiger partial charge in [-0.2, -0.15) is 0 Å². The second-order valence-corrected chi connectivity index (χ2v) is 4.87. The van der Waals surface area contributed by atoms with Gasteiger partial charge in [0.25, 0.3) is 0 Å². The Morgan fingerprint density at radius 2 is 1.79 bits per heavy atom. The van der Waals surface area contributed by atoms with Crippen molar-refractivity contribution in [1.29, 1.82) is 0 Å². The van der Waals surface area contributed by atoms with Crippen molar-refractivity contribution >= 4 is 0 Å². The van der Waals surface area contributed by atoms with Gasteiger partial charge in [-0.3, -0.25) is 4.90 Å². The third kappa shape index (κ3) is 1.81. The lowest BCUT2D eigenvalue weighted by molar-refractivity contribution is 0.00857. The highest BCUT2D eigenvalue weighted by atomic mass is 16.3. The van der Waals surface area contributed by atoms with E-state index >= 15 is 0 Å². The standard InChI is InChI=1S/C11H22N2O/c1-8-4-3-5-9(2)13(8)10-6-12-7-11(10)14/h8-12,14H,3-7H2,1-2H3/t8?,9?,10-,11-/m1/s1. The van der Waals surface area contributed by atoms with E-state index in [2.05, 4.69) is 24.1 Å². The molecule has 82 valence electrons. The van der Waals surface area contributed by atoms with Gasteiger partial charge in [0.1, 0.15) is 0 Å². The smallest absolute Gasteiger partial charge is 0.0832 e. The van der Waals surface area contributed by atoms with Crippen LogP contribution in [0.3, 0.4) is 0 Å². The van der Waals surface area contributed by atoms with Crippen LogP contribution in [0.4, 0.5) is 0 Å². The normalized spacial score (nSPS) is 45.6. The molecule has 0 aliphatic carbocycles. The lowest BCUT2D eigenvalue weighted by Gasteiger charge is -2.43. The van der Waals surface area contributed by atoms with Gasteiger partial charge >= 0.3 is 0 Å². The molecular formula is C11H22N2O. The van der Waals surface area contributed by atoms with Crippen molar-refractivity contribution in [2.75, 3.05) is 13.1 Å². The average molecular weight is 198 g/mol. The predicted octanol–water partition coefficient (Wildman–Crippen LogP) is 0.582. The van der Waals surface area contributed by atoms with E-state index in [1.165, 1.54) is 19.3 Å². The highest BCUT2D eigenvalue weighted by Gasteiger charge is 2.37. The van der Waals surface area contributed by atoms with Gasteiger partial charge in [0.05, 0.1) is 6.10 Å². The molecule has 0 spiro atoms. The summed E-state index contributed by atoms with van der Waals surface area (Å²) >= 11 is 0. The fraction of sp³-hybridized carbons (Fsp3) is 1.00. The monoisotopic (exact) mass is 198 g/mol. The second-order valence-electron chi connectivity index (χ2n) is 4.87.